The van der Waals surface area contributed by atoms with Gasteiger partial charge in [-0.3, -0.25) is 0 Å². The molecule has 3 unspecified atom stereocenters. The van der Waals surface area contributed by atoms with Crippen LogP contribution in [0, 0.1) is 47.4 Å². The molecule has 0 spiro atoms. The van der Waals surface area contributed by atoms with Gasteiger partial charge in [-0.1, -0.05) is 25.7 Å². The minimum atomic E-state index is -0.519. The topological polar surface area (TPSA) is 57.2 Å². The second-order valence-electron chi connectivity index (χ2n) is 10.8. The number of rotatable bonds is 7. The van der Waals surface area contributed by atoms with Crippen molar-refractivity contribution in [3.63, 3.8) is 0 Å². The number of allylic oxidation sites excluding steroid dienone is 1. The summed E-state index contributed by atoms with van der Waals surface area (Å²) in [6.45, 7) is 5.14. The van der Waals surface area contributed by atoms with E-state index in [9.17, 15) is 9.50 Å². The molecule has 5 nitrogen and oxygen atoms in total. The van der Waals surface area contributed by atoms with Crippen LogP contribution in [-0.4, -0.2) is 49.7 Å². The zero-order valence-electron chi connectivity index (χ0n) is 22.0. The summed E-state index contributed by atoms with van der Waals surface area (Å²) in [4.78, 5) is 0. The molecule has 0 aromatic rings. The maximum absolute atomic E-state index is 14.3. The van der Waals surface area contributed by atoms with E-state index in [0.29, 0.717) is 18.8 Å². The molecule has 200 valence electrons. The van der Waals surface area contributed by atoms with Crippen molar-refractivity contribution in [3.8, 4) is 23.7 Å². The highest BCUT2D eigenvalue weighted by molar-refractivity contribution is 5.24. The van der Waals surface area contributed by atoms with E-state index in [-0.39, 0.29) is 48.4 Å². The molecule has 2 aliphatic heterocycles. The van der Waals surface area contributed by atoms with Crippen LogP contribution in [-0.2, 0) is 18.9 Å². The first kappa shape index (κ1) is 27.6. The molecule has 6 heteroatoms. The van der Waals surface area contributed by atoms with Crippen molar-refractivity contribution >= 4 is 0 Å². The molecule has 0 amide bonds. The Hall–Kier alpha value is -1.41. The molecule has 0 aromatic heterocycles. The Kier molecular flexibility index (Phi) is 10.7. The SMILES string of the molecule is CCC#CCC(C)[C@@H](C#C[C@@H]1[C@H]2CC(=C(F)CO)C[C@H]2C[C@H]1OC1CCCCO1)OC1CCCCO1. The van der Waals surface area contributed by atoms with Crippen LogP contribution in [0.2, 0.25) is 0 Å². The van der Waals surface area contributed by atoms with Gasteiger partial charge in [-0.05, 0) is 75.2 Å². The van der Waals surface area contributed by atoms with E-state index in [1.54, 1.807) is 0 Å². The lowest BCUT2D eigenvalue weighted by molar-refractivity contribution is -0.192. The van der Waals surface area contributed by atoms with Gasteiger partial charge >= 0.3 is 0 Å². The molecule has 4 rings (SSSR count). The summed E-state index contributed by atoms with van der Waals surface area (Å²) in [5.41, 5.74) is 0.748. The number of halogens is 1. The smallest absolute Gasteiger partial charge is 0.159 e. The highest BCUT2D eigenvalue weighted by atomic mass is 19.1. The van der Waals surface area contributed by atoms with E-state index in [1.807, 2.05) is 0 Å². The standard InChI is InChI=1S/C30H43FO5/c1-3-4-5-10-21(2)27(35-29-11-6-8-15-33-29)14-13-24-25-18-23(26(31)20-32)17-22(25)19-28(24)36-30-12-7-9-16-34-30/h21-22,24-25,27-30,32H,3,6-12,15-20H2,1-2H3/t21?,22-,24+,25-,27+,28+,29?,30?/m0/s1. The second-order valence-corrected chi connectivity index (χ2v) is 10.8. The molecular weight excluding hydrogens is 459 g/mol. The van der Waals surface area contributed by atoms with Crippen molar-refractivity contribution in [2.24, 2.45) is 23.7 Å². The summed E-state index contributed by atoms with van der Waals surface area (Å²) in [6.07, 6.45) is 9.17. The van der Waals surface area contributed by atoms with Gasteiger partial charge < -0.3 is 24.1 Å². The fourth-order valence-electron chi connectivity index (χ4n) is 6.02. The minimum absolute atomic E-state index is 0.0168. The highest BCUT2D eigenvalue weighted by Crippen LogP contribution is 2.52. The maximum atomic E-state index is 14.3. The van der Waals surface area contributed by atoms with E-state index < -0.39 is 6.61 Å². The lowest BCUT2D eigenvalue weighted by Crippen LogP contribution is -2.32. The van der Waals surface area contributed by atoms with E-state index in [4.69, 9.17) is 18.9 Å². The fraction of sp³-hybridized carbons (Fsp3) is 0.800. The van der Waals surface area contributed by atoms with Gasteiger partial charge in [-0.15, -0.1) is 11.8 Å². The molecule has 4 fully saturated rings. The predicted octanol–water partition coefficient (Wildman–Crippen LogP) is 5.52. The van der Waals surface area contributed by atoms with Crippen LogP contribution in [0.3, 0.4) is 0 Å². The molecule has 4 aliphatic rings. The zero-order chi connectivity index (χ0) is 25.3. The first-order chi connectivity index (χ1) is 17.6. The van der Waals surface area contributed by atoms with Crippen molar-refractivity contribution in [3.05, 3.63) is 11.4 Å². The van der Waals surface area contributed by atoms with Crippen molar-refractivity contribution in [2.75, 3.05) is 19.8 Å². The molecule has 0 bridgehead atoms. The number of ether oxygens (including phenoxy) is 4. The molecule has 2 saturated heterocycles. The first-order valence-corrected chi connectivity index (χ1v) is 14.1. The number of aliphatic hydroxyl groups excluding tert-OH is 1. The largest absolute Gasteiger partial charge is 0.389 e. The Labute approximate surface area is 216 Å². The Morgan fingerprint density at radius 3 is 2.50 bits per heavy atom. The zero-order valence-corrected chi connectivity index (χ0v) is 22.0. The maximum Gasteiger partial charge on any atom is 0.159 e. The second kappa shape index (κ2) is 13.9. The van der Waals surface area contributed by atoms with Gasteiger partial charge in [-0.2, -0.15) is 0 Å². The monoisotopic (exact) mass is 502 g/mol. The first-order valence-electron chi connectivity index (χ1n) is 14.1. The predicted molar refractivity (Wildman–Crippen MR) is 136 cm³/mol. The summed E-state index contributed by atoms with van der Waals surface area (Å²) in [5, 5.41) is 9.33. The highest BCUT2D eigenvalue weighted by Gasteiger charge is 2.48. The van der Waals surface area contributed by atoms with E-state index in [1.165, 1.54) is 0 Å². The Morgan fingerprint density at radius 2 is 1.83 bits per heavy atom. The van der Waals surface area contributed by atoms with Gasteiger partial charge in [0.2, 0.25) is 0 Å². The molecule has 0 aromatic carbocycles. The van der Waals surface area contributed by atoms with E-state index in [2.05, 4.69) is 37.5 Å². The summed E-state index contributed by atoms with van der Waals surface area (Å²) in [6, 6.07) is 0. The van der Waals surface area contributed by atoms with Crippen LogP contribution in [0.5, 0.6) is 0 Å². The normalized spacial score (nSPS) is 35.1. The Bertz CT molecular complexity index is 852. The van der Waals surface area contributed by atoms with Crippen LogP contribution in [0.15, 0.2) is 11.4 Å². The molecule has 1 N–H and O–H groups in total. The van der Waals surface area contributed by atoms with Gasteiger partial charge in [0.05, 0.1) is 18.6 Å². The third-order valence-electron chi connectivity index (χ3n) is 8.05. The van der Waals surface area contributed by atoms with Crippen LogP contribution in [0.25, 0.3) is 0 Å². The van der Waals surface area contributed by atoms with Crippen LogP contribution < -0.4 is 0 Å². The Morgan fingerprint density at radius 1 is 1.08 bits per heavy atom. The molecule has 2 aliphatic carbocycles. The average molecular weight is 503 g/mol. The lowest BCUT2D eigenvalue weighted by Gasteiger charge is -2.29. The number of aliphatic hydroxyl groups is 1. The van der Waals surface area contributed by atoms with Gasteiger partial charge in [0.1, 0.15) is 11.9 Å². The molecule has 8 atom stereocenters. The van der Waals surface area contributed by atoms with E-state index in [0.717, 1.165) is 76.6 Å². The number of hydrogen-bond acceptors (Lipinski definition) is 5. The molecule has 2 saturated carbocycles. The molecular formula is C30H43FO5. The average Bonchev–Trinajstić information content (AvgIpc) is 3.45. The van der Waals surface area contributed by atoms with Crippen molar-refractivity contribution in [2.45, 2.75) is 109 Å². The van der Waals surface area contributed by atoms with Crippen molar-refractivity contribution in [1.29, 1.82) is 0 Å². The van der Waals surface area contributed by atoms with Crippen LogP contribution in [0.4, 0.5) is 4.39 Å². The summed E-state index contributed by atoms with van der Waals surface area (Å²) < 4.78 is 38.9. The van der Waals surface area contributed by atoms with Gasteiger partial charge in [-0.25, -0.2) is 4.39 Å². The Balaban J connectivity index is 1.53. The molecule has 36 heavy (non-hydrogen) atoms. The lowest BCUT2D eigenvalue weighted by atomic mass is 9.90. The number of fused-ring (bicyclic) bond motifs is 1. The summed E-state index contributed by atoms with van der Waals surface area (Å²) in [7, 11) is 0. The fourth-order valence-corrected chi connectivity index (χ4v) is 6.02. The van der Waals surface area contributed by atoms with Gasteiger partial charge in [0.15, 0.2) is 12.6 Å². The summed E-state index contributed by atoms with van der Waals surface area (Å²) in [5.74, 6) is 13.7. The van der Waals surface area contributed by atoms with Crippen LogP contribution >= 0.6 is 0 Å². The summed E-state index contributed by atoms with van der Waals surface area (Å²) >= 11 is 0. The quantitative estimate of drug-likeness (QED) is 0.465. The van der Waals surface area contributed by atoms with Crippen LogP contribution in [0.1, 0.15) is 84.5 Å². The van der Waals surface area contributed by atoms with Crippen molar-refractivity contribution < 1.29 is 28.4 Å². The minimum Gasteiger partial charge on any atom is -0.389 e. The molecule has 2 heterocycles. The van der Waals surface area contributed by atoms with Gasteiger partial charge in [0, 0.05) is 32.0 Å². The third kappa shape index (κ3) is 7.33. The van der Waals surface area contributed by atoms with E-state index >= 15 is 0 Å². The molecule has 0 radical (unpaired) electrons. The van der Waals surface area contributed by atoms with Crippen molar-refractivity contribution in [1.82, 2.24) is 0 Å². The third-order valence-corrected chi connectivity index (χ3v) is 8.05. The van der Waals surface area contributed by atoms with Gasteiger partial charge in [0.25, 0.3) is 0 Å². The number of hydrogen-bond donors (Lipinski definition) is 1.